The Morgan fingerprint density at radius 1 is 1.13 bits per heavy atom. The molecule has 1 saturated heterocycles. The van der Waals surface area contributed by atoms with Crippen molar-refractivity contribution >= 4 is 17.7 Å². The first-order valence-electron chi connectivity index (χ1n) is 8.17. The number of carboxylic acids is 1. The van der Waals surface area contributed by atoms with Gasteiger partial charge in [-0.1, -0.05) is 0 Å². The Hall–Kier alpha value is -2.18. The highest BCUT2D eigenvalue weighted by atomic mass is 16.4. The van der Waals surface area contributed by atoms with Crippen molar-refractivity contribution in [2.75, 3.05) is 18.0 Å². The summed E-state index contributed by atoms with van der Waals surface area (Å²) in [5.41, 5.74) is 0. The number of nitrogens with one attached hydrogen (secondary N) is 1. The van der Waals surface area contributed by atoms with E-state index in [0.29, 0.717) is 12.8 Å². The van der Waals surface area contributed by atoms with E-state index in [1.54, 1.807) is 18.6 Å². The standard InChI is InChI=1S/C16H22N4O3/c21-15(19-13-2-1-12(9-13)16(22)23)11-3-7-20(8-4-11)14-10-17-5-6-18-14/h5-6,10-13H,1-4,7-9H2,(H,19,21)(H,22,23)/t12-,13+/m0/s1. The van der Waals surface area contributed by atoms with Crippen LogP contribution in [0.15, 0.2) is 18.6 Å². The predicted molar refractivity (Wildman–Crippen MR) is 83.9 cm³/mol. The van der Waals surface area contributed by atoms with Crippen LogP contribution < -0.4 is 10.2 Å². The Labute approximate surface area is 135 Å². The van der Waals surface area contributed by atoms with Crippen molar-refractivity contribution in [1.82, 2.24) is 15.3 Å². The summed E-state index contributed by atoms with van der Waals surface area (Å²) in [5, 5.41) is 12.1. The zero-order valence-corrected chi connectivity index (χ0v) is 13.0. The number of nitrogens with zero attached hydrogens (tertiary/aromatic N) is 3. The first-order chi connectivity index (χ1) is 11.1. The number of aromatic nitrogens is 2. The summed E-state index contributed by atoms with van der Waals surface area (Å²) < 4.78 is 0. The molecule has 7 nitrogen and oxygen atoms in total. The molecule has 1 saturated carbocycles. The van der Waals surface area contributed by atoms with Gasteiger partial charge in [-0.25, -0.2) is 4.98 Å². The van der Waals surface area contributed by atoms with Crippen molar-refractivity contribution in [2.45, 2.75) is 38.1 Å². The number of hydrogen-bond acceptors (Lipinski definition) is 5. The van der Waals surface area contributed by atoms with Crippen LogP contribution in [0.3, 0.4) is 0 Å². The van der Waals surface area contributed by atoms with Crippen molar-refractivity contribution in [3.8, 4) is 0 Å². The molecule has 1 aromatic rings. The lowest BCUT2D eigenvalue weighted by Gasteiger charge is -2.32. The molecule has 1 aliphatic carbocycles. The quantitative estimate of drug-likeness (QED) is 0.862. The molecule has 0 unspecified atom stereocenters. The van der Waals surface area contributed by atoms with Crippen molar-refractivity contribution in [3.05, 3.63) is 18.6 Å². The highest BCUT2D eigenvalue weighted by Gasteiger charge is 2.33. The van der Waals surface area contributed by atoms with E-state index in [2.05, 4.69) is 20.2 Å². The van der Waals surface area contributed by atoms with Crippen LogP contribution in [0.2, 0.25) is 0 Å². The third-order valence-corrected chi connectivity index (χ3v) is 4.87. The molecule has 2 aliphatic rings. The lowest BCUT2D eigenvalue weighted by atomic mass is 9.95. The topological polar surface area (TPSA) is 95.4 Å². The number of rotatable bonds is 4. The fourth-order valence-electron chi connectivity index (χ4n) is 3.48. The third-order valence-electron chi connectivity index (χ3n) is 4.87. The molecule has 1 aromatic heterocycles. The largest absolute Gasteiger partial charge is 0.481 e. The average molecular weight is 318 g/mol. The summed E-state index contributed by atoms with van der Waals surface area (Å²) in [6, 6.07) is 0.0154. The van der Waals surface area contributed by atoms with E-state index in [1.165, 1.54) is 0 Å². The van der Waals surface area contributed by atoms with Gasteiger partial charge >= 0.3 is 5.97 Å². The second kappa shape index (κ2) is 6.93. The van der Waals surface area contributed by atoms with Gasteiger partial charge < -0.3 is 15.3 Å². The molecule has 0 aromatic carbocycles. The molecule has 1 aliphatic heterocycles. The summed E-state index contributed by atoms with van der Waals surface area (Å²) >= 11 is 0. The number of carboxylic acid groups (broad SMARTS) is 1. The van der Waals surface area contributed by atoms with Crippen molar-refractivity contribution in [1.29, 1.82) is 0 Å². The van der Waals surface area contributed by atoms with Crippen molar-refractivity contribution < 1.29 is 14.7 Å². The molecule has 23 heavy (non-hydrogen) atoms. The molecule has 3 rings (SSSR count). The maximum atomic E-state index is 12.4. The summed E-state index contributed by atoms with van der Waals surface area (Å²) in [4.78, 5) is 33.9. The smallest absolute Gasteiger partial charge is 0.306 e. The summed E-state index contributed by atoms with van der Waals surface area (Å²) in [6.07, 6.45) is 8.62. The van der Waals surface area contributed by atoms with E-state index < -0.39 is 5.97 Å². The Morgan fingerprint density at radius 2 is 1.91 bits per heavy atom. The lowest BCUT2D eigenvalue weighted by molar-refractivity contribution is -0.141. The van der Waals surface area contributed by atoms with Gasteiger partial charge in [0.25, 0.3) is 0 Å². The van der Waals surface area contributed by atoms with Gasteiger partial charge in [0.15, 0.2) is 0 Å². The summed E-state index contributed by atoms with van der Waals surface area (Å²) in [6.45, 7) is 1.58. The molecular weight excluding hydrogens is 296 g/mol. The van der Waals surface area contributed by atoms with Crippen LogP contribution in [0, 0.1) is 11.8 Å². The first-order valence-corrected chi connectivity index (χ1v) is 8.17. The molecule has 2 fully saturated rings. The van der Waals surface area contributed by atoms with Gasteiger partial charge in [-0.2, -0.15) is 0 Å². The Bertz CT molecular complexity index is 558. The lowest BCUT2D eigenvalue weighted by Crippen LogP contribution is -2.43. The molecule has 7 heteroatoms. The molecule has 0 spiro atoms. The van der Waals surface area contributed by atoms with E-state index in [-0.39, 0.29) is 23.8 Å². The van der Waals surface area contributed by atoms with Gasteiger partial charge in [-0.3, -0.25) is 14.6 Å². The number of carbonyl (C=O) groups excluding carboxylic acids is 1. The molecule has 0 radical (unpaired) electrons. The number of amides is 1. The van der Waals surface area contributed by atoms with E-state index in [4.69, 9.17) is 5.11 Å². The summed E-state index contributed by atoms with van der Waals surface area (Å²) in [5.74, 6) is -0.129. The Kier molecular flexibility index (Phi) is 4.73. The highest BCUT2D eigenvalue weighted by Crippen LogP contribution is 2.27. The van der Waals surface area contributed by atoms with Crippen LogP contribution in [0.4, 0.5) is 5.82 Å². The predicted octanol–water partition coefficient (Wildman–Crippen LogP) is 1.06. The van der Waals surface area contributed by atoms with E-state index in [0.717, 1.165) is 38.2 Å². The third kappa shape index (κ3) is 3.78. The van der Waals surface area contributed by atoms with Gasteiger partial charge in [0.1, 0.15) is 5.82 Å². The number of anilines is 1. The normalized spacial score (nSPS) is 25.3. The zero-order chi connectivity index (χ0) is 16.2. The van der Waals surface area contributed by atoms with Crippen LogP contribution in [0.1, 0.15) is 32.1 Å². The minimum Gasteiger partial charge on any atom is -0.481 e. The number of piperidine rings is 1. The highest BCUT2D eigenvalue weighted by molar-refractivity contribution is 5.79. The molecule has 2 atom stereocenters. The van der Waals surface area contributed by atoms with Gasteiger partial charge in [-0.15, -0.1) is 0 Å². The Balaban J connectivity index is 1.46. The minimum atomic E-state index is -0.751. The molecule has 2 heterocycles. The molecule has 0 bridgehead atoms. The number of aliphatic carboxylic acids is 1. The first kappa shape index (κ1) is 15.7. The average Bonchev–Trinajstić information content (AvgIpc) is 3.04. The number of carbonyl (C=O) groups is 2. The van der Waals surface area contributed by atoms with E-state index in [9.17, 15) is 9.59 Å². The van der Waals surface area contributed by atoms with Crippen molar-refractivity contribution in [3.63, 3.8) is 0 Å². The van der Waals surface area contributed by atoms with Crippen LogP contribution >= 0.6 is 0 Å². The van der Waals surface area contributed by atoms with Crippen molar-refractivity contribution in [2.24, 2.45) is 11.8 Å². The molecule has 2 N–H and O–H groups in total. The monoisotopic (exact) mass is 318 g/mol. The fourth-order valence-corrected chi connectivity index (χ4v) is 3.48. The summed E-state index contributed by atoms with van der Waals surface area (Å²) in [7, 11) is 0. The second-order valence-corrected chi connectivity index (χ2v) is 6.38. The second-order valence-electron chi connectivity index (χ2n) is 6.38. The van der Waals surface area contributed by atoms with E-state index in [1.807, 2.05) is 0 Å². The Morgan fingerprint density at radius 3 is 2.52 bits per heavy atom. The van der Waals surface area contributed by atoms with Gasteiger partial charge in [0.2, 0.25) is 5.91 Å². The fraction of sp³-hybridized carbons (Fsp3) is 0.625. The van der Waals surface area contributed by atoms with Gasteiger partial charge in [-0.05, 0) is 32.1 Å². The van der Waals surface area contributed by atoms with Gasteiger partial charge in [0, 0.05) is 37.4 Å². The number of hydrogen-bond donors (Lipinski definition) is 2. The maximum absolute atomic E-state index is 12.4. The van der Waals surface area contributed by atoms with Crippen LogP contribution in [-0.4, -0.2) is 46.1 Å². The molecule has 124 valence electrons. The van der Waals surface area contributed by atoms with Crippen LogP contribution in [0.5, 0.6) is 0 Å². The molecular formula is C16H22N4O3. The van der Waals surface area contributed by atoms with Crippen LogP contribution in [0.25, 0.3) is 0 Å². The SMILES string of the molecule is O=C(N[C@@H]1CC[C@H](C(=O)O)C1)C1CCN(c2cnccn2)CC1. The van der Waals surface area contributed by atoms with E-state index >= 15 is 0 Å². The van der Waals surface area contributed by atoms with Crippen LogP contribution in [-0.2, 0) is 9.59 Å². The zero-order valence-electron chi connectivity index (χ0n) is 13.0. The molecule has 1 amide bonds. The van der Waals surface area contributed by atoms with Gasteiger partial charge in [0.05, 0.1) is 12.1 Å². The maximum Gasteiger partial charge on any atom is 0.306 e. The minimum absolute atomic E-state index is 0.00630.